The van der Waals surface area contributed by atoms with E-state index in [0.717, 1.165) is 5.56 Å². The maximum absolute atomic E-state index is 11.9. The Labute approximate surface area is 124 Å². The van der Waals surface area contributed by atoms with Crippen molar-refractivity contribution < 1.29 is 9.63 Å². The molecule has 5 heteroatoms. The van der Waals surface area contributed by atoms with Crippen molar-refractivity contribution in [3.8, 4) is 0 Å². The molecule has 19 heavy (non-hydrogen) atoms. The lowest BCUT2D eigenvalue weighted by Gasteiger charge is -2.07. The van der Waals surface area contributed by atoms with Crippen molar-refractivity contribution in [1.29, 1.82) is 0 Å². The van der Waals surface area contributed by atoms with Gasteiger partial charge in [-0.3, -0.25) is 9.63 Å². The van der Waals surface area contributed by atoms with Crippen LogP contribution in [0.25, 0.3) is 0 Å². The molecule has 0 aliphatic carbocycles. The molecule has 0 atom stereocenters. The average Bonchev–Trinajstić information content (AvgIpc) is 2.39. The summed E-state index contributed by atoms with van der Waals surface area (Å²) in [7, 11) is 0. The first-order valence-electron chi connectivity index (χ1n) is 5.58. The van der Waals surface area contributed by atoms with Gasteiger partial charge in [-0.15, -0.1) is 0 Å². The number of hydroxylamine groups is 1. The minimum Gasteiger partial charge on any atom is -0.269 e. The van der Waals surface area contributed by atoms with Gasteiger partial charge in [0, 0.05) is 9.50 Å². The first kappa shape index (κ1) is 14.1. The van der Waals surface area contributed by atoms with E-state index in [4.69, 9.17) is 16.4 Å². The Kier molecular flexibility index (Phi) is 4.96. The topological polar surface area (TPSA) is 38.3 Å². The Morgan fingerprint density at radius 1 is 1.21 bits per heavy atom. The summed E-state index contributed by atoms with van der Waals surface area (Å²) in [6.45, 7) is 0.317. The van der Waals surface area contributed by atoms with Crippen LogP contribution in [0, 0.1) is 0 Å². The fourth-order valence-electron chi connectivity index (χ4n) is 1.49. The molecule has 0 aliphatic rings. The Hall–Kier alpha value is -1.36. The van der Waals surface area contributed by atoms with Crippen molar-refractivity contribution in [2.24, 2.45) is 0 Å². The van der Waals surface area contributed by atoms with Crippen molar-refractivity contribution in [1.82, 2.24) is 5.48 Å². The zero-order valence-electron chi connectivity index (χ0n) is 9.90. The van der Waals surface area contributed by atoms with Crippen molar-refractivity contribution >= 4 is 33.4 Å². The lowest BCUT2D eigenvalue weighted by atomic mass is 10.2. The second-order valence-electron chi connectivity index (χ2n) is 3.83. The van der Waals surface area contributed by atoms with Crippen LogP contribution in [-0.2, 0) is 11.4 Å². The van der Waals surface area contributed by atoms with E-state index >= 15 is 0 Å². The summed E-state index contributed by atoms with van der Waals surface area (Å²) in [6.07, 6.45) is 0. The minimum atomic E-state index is -0.320. The summed E-state index contributed by atoms with van der Waals surface area (Å²) >= 11 is 9.10. The van der Waals surface area contributed by atoms with Gasteiger partial charge in [-0.05, 0) is 39.7 Å². The Balaban J connectivity index is 1.91. The van der Waals surface area contributed by atoms with Crippen molar-refractivity contribution in [3.63, 3.8) is 0 Å². The molecule has 0 radical (unpaired) electrons. The van der Waals surface area contributed by atoms with E-state index in [2.05, 4.69) is 21.4 Å². The smallest absolute Gasteiger partial charge is 0.269 e. The zero-order valence-corrected chi connectivity index (χ0v) is 12.2. The minimum absolute atomic E-state index is 0.317. The van der Waals surface area contributed by atoms with Crippen LogP contribution >= 0.6 is 27.5 Å². The molecule has 0 saturated heterocycles. The molecule has 1 N–H and O–H groups in total. The molecule has 0 bridgehead atoms. The highest BCUT2D eigenvalue weighted by Crippen LogP contribution is 2.21. The van der Waals surface area contributed by atoms with Gasteiger partial charge in [-0.1, -0.05) is 41.9 Å². The molecule has 1 amide bonds. The van der Waals surface area contributed by atoms with Crippen LogP contribution in [0.15, 0.2) is 53.0 Å². The highest BCUT2D eigenvalue weighted by molar-refractivity contribution is 9.10. The standard InChI is InChI=1S/C14H11BrClNO2/c15-13-8-11(16)6-7-12(13)14(18)17-19-9-10-4-2-1-3-5-10/h1-8H,9H2,(H,17,18). The predicted octanol–water partition coefficient (Wildman–Crippen LogP) is 3.96. The molecule has 0 unspecified atom stereocenters. The van der Waals surface area contributed by atoms with Crippen LogP contribution in [0.3, 0.4) is 0 Å². The summed E-state index contributed by atoms with van der Waals surface area (Å²) < 4.78 is 0.626. The first-order valence-corrected chi connectivity index (χ1v) is 6.75. The summed E-state index contributed by atoms with van der Waals surface area (Å²) in [4.78, 5) is 17.0. The number of halogens is 2. The lowest BCUT2D eigenvalue weighted by Crippen LogP contribution is -2.23. The molecule has 0 heterocycles. The maximum atomic E-state index is 11.9. The van der Waals surface area contributed by atoms with Gasteiger partial charge in [0.2, 0.25) is 0 Å². The molecule has 2 aromatic carbocycles. The van der Waals surface area contributed by atoms with E-state index in [-0.39, 0.29) is 5.91 Å². The number of amides is 1. The van der Waals surface area contributed by atoms with Crippen LogP contribution in [0.5, 0.6) is 0 Å². The van der Waals surface area contributed by atoms with Crippen molar-refractivity contribution in [3.05, 3.63) is 69.2 Å². The fourth-order valence-corrected chi connectivity index (χ4v) is 2.35. The largest absolute Gasteiger partial charge is 0.275 e. The molecule has 2 rings (SSSR count). The van der Waals surface area contributed by atoms with Gasteiger partial charge in [-0.25, -0.2) is 5.48 Å². The highest BCUT2D eigenvalue weighted by atomic mass is 79.9. The second kappa shape index (κ2) is 6.70. The number of benzene rings is 2. The molecule has 0 spiro atoms. The quantitative estimate of drug-likeness (QED) is 0.856. The summed E-state index contributed by atoms with van der Waals surface area (Å²) in [5, 5.41) is 0.564. The maximum Gasteiger partial charge on any atom is 0.275 e. The lowest BCUT2D eigenvalue weighted by molar-refractivity contribution is 0.0233. The SMILES string of the molecule is O=C(NOCc1ccccc1)c1ccc(Cl)cc1Br. The molecular formula is C14H11BrClNO2. The van der Waals surface area contributed by atoms with E-state index in [1.807, 2.05) is 30.3 Å². The molecule has 98 valence electrons. The van der Waals surface area contributed by atoms with Crippen molar-refractivity contribution in [2.45, 2.75) is 6.61 Å². The van der Waals surface area contributed by atoms with Crippen molar-refractivity contribution in [2.75, 3.05) is 0 Å². The average molecular weight is 341 g/mol. The van der Waals surface area contributed by atoms with E-state index in [1.165, 1.54) is 0 Å². The molecule has 0 aromatic heterocycles. The third-order valence-corrected chi connectivity index (χ3v) is 3.31. The van der Waals surface area contributed by atoms with Crippen LogP contribution in [0.2, 0.25) is 5.02 Å². The van der Waals surface area contributed by atoms with Gasteiger partial charge >= 0.3 is 0 Å². The van der Waals surface area contributed by atoms with E-state index < -0.39 is 0 Å². The number of hydrogen-bond acceptors (Lipinski definition) is 2. The zero-order chi connectivity index (χ0) is 13.7. The molecular weight excluding hydrogens is 330 g/mol. The van der Waals surface area contributed by atoms with Gasteiger partial charge < -0.3 is 0 Å². The molecule has 0 aliphatic heterocycles. The molecule has 2 aromatic rings. The normalized spacial score (nSPS) is 10.2. The van der Waals surface area contributed by atoms with Gasteiger partial charge in [-0.2, -0.15) is 0 Å². The van der Waals surface area contributed by atoms with E-state index in [0.29, 0.717) is 21.7 Å². The van der Waals surface area contributed by atoms with E-state index in [9.17, 15) is 4.79 Å². The van der Waals surface area contributed by atoms with Crippen LogP contribution < -0.4 is 5.48 Å². The second-order valence-corrected chi connectivity index (χ2v) is 5.12. The number of carbonyl (C=O) groups is 1. The third-order valence-electron chi connectivity index (χ3n) is 2.42. The summed E-state index contributed by atoms with van der Waals surface area (Å²) in [5.74, 6) is -0.320. The highest BCUT2D eigenvalue weighted by Gasteiger charge is 2.10. The molecule has 0 saturated carbocycles. The Morgan fingerprint density at radius 2 is 1.95 bits per heavy atom. The number of nitrogens with one attached hydrogen (secondary N) is 1. The van der Waals surface area contributed by atoms with Crippen LogP contribution in [0.1, 0.15) is 15.9 Å². The fraction of sp³-hybridized carbons (Fsp3) is 0.0714. The number of rotatable bonds is 4. The third kappa shape index (κ3) is 4.06. The van der Waals surface area contributed by atoms with Gasteiger partial charge in [0.15, 0.2) is 0 Å². The molecule has 3 nitrogen and oxygen atoms in total. The summed E-state index contributed by atoms with van der Waals surface area (Å²) in [5.41, 5.74) is 3.85. The van der Waals surface area contributed by atoms with Gasteiger partial charge in [0.1, 0.15) is 0 Å². The molecule has 0 fully saturated rings. The summed E-state index contributed by atoms with van der Waals surface area (Å²) in [6, 6.07) is 14.5. The predicted molar refractivity (Wildman–Crippen MR) is 77.8 cm³/mol. The Bertz CT molecular complexity index is 575. The van der Waals surface area contributed by atoms with Gasteiger partial charge in [0.05, 0.1) is 12.2 Å². The number of carbonyl (C=O) groups excluding carboxylic acids is 1. The Morgan fingerprint density at radius 3 is 2.63 bits per heavy atom. The van der Waals surface area contributed by atoms with Crippen LogP contribution in [-0.4, -0.2) is 5.91 Å². The van der Waals surface area contributed by atoms with Crippen LogP contribution in [0.4, 0.5) is 0 Å². The first-order chi connectivity index (χ1) is 9.16. The van der Waals surface area contributed by atoms with Gasteiger partial charge in [0.25, 0.3) is 5.91 Å². The van der Waals surface area contributed by atoms with E-state index in [1.54, 1.807) is 18.2 Å². The number of hydrogen-bond donors (Lipinski definition) is 1. The monoisotopic (exact) mass is 339 g/mol.